The van der Waals surface area contributed by atoms with Gasteiger partial charge in [0.05, 0.1) is 79.1 Å². The van der Waals surface area contributed by atoms with Crippen molar-refractivity contribution in [3.8, 4) is 0 Å². The third-order valence-corrected chi connectivity index (χ3v) is 5.24. The average Bonchev–Trinajstić information content (AvgIpc) is 2.82. The third-order valence-electron chi connectivity index (χ3n) is 4.73. The number of alkyl carbamates (subject to hydrolysis) is 1. The maximum absolute atomic E-state index is 11.7. The molecule has 0 aromatic heterocycles. The fourth-order valence-electron chi connectivity index (χ4n) is 2.94. The average molecular weight is 512 g/mol. The van der Waals surface area contributed by atoms with Crippen molar-refractivity contribution in [1.82, 2.24) is 5.32 Å². The zero-order valence-electron chi connectivity index (χ0n) is 20.0. The van der Waals surface area contributed by atoms with Crippen molar-refractivity contribution in [2.45, 2.75) is 43.5 Å². The predicted octanol–water partition coefficient (Wildman–Crippen LogP) is 0.962. The molecule has 11 nitrogen and oxygen atoms in total. The molecule has 0 aromatic rings. The second-order valence-corrected chi connectivity index (χ2v) is 8.25. The molecule has 0 heterocycles. The highest BCUT2D eigenvalue weighted by atomic mass is 32.1. The highest BCUT2D eigenvalue weighted by Gasteiger charge is 2.21. The van der Waals surface area contributed by atoms with Crippen LogP contribution in [0.5, 0.6) is 0 Å². The first-order chi connectivity index (χ1) is 16.6. The van der Waals surface area contributed by atoms with Gasteiger partial charge in [0.1, 0.15) is 12.7 Å². The third kappa shape index (κ3) is 19.2. The minimum Gasteiger partial charge on any atom is -0.463 e. The van der Waals surface area contributed by atoms with Gasteiger partial charge in [-0.25, -0.2) is 4.79 Å². The molecule has 1 fully saturated rings. The molecule has 0 saturated heterocycles. The number of ether oxygens (including phenoxy) is 7. The van der Waals surface area contributed by atoms with E-state index in [-0.39, 0.29) is 25.7 Å². The Labute approximate surface area is 207 Å². The lowest BCUT2D eigenvalue weighted by atomic mass is 9.97. The lowest BCUT2D eigenvalue weighted by molar-refractivity contribution is -0.146. The molecule has 0 unspecified atom stereocenters. The molecule has 2 N–H and O–H groups in total. The Morgan fingerprint density at radius 1 is 0.735 bits per heavy atom. The van der Waals surface area contributed by atoms with Gasteiger partial charge in [0.25, 0.3) is 0 Å². The van der Waals surface area contributed by atoms with E-state index in [0.29, 0.717) is 77.9 Å². The number of aliphatic hydroxyl groups is 1. The quantitative estimate of drug-likeness (QED) is 0.116. The second-order valence-electron chi connectivity index (χ2n) is 7.52. The molecular weight excluding hydrogens is 470 g/mol. The molecular formula is C22H41NO10S. The van der Waals surface area contributed by atoms with Gasteiger partial charge in [0.2, 0.25) is 0 Å². The van der Waals surface area contributed by atoms with Crippen molar-refractivity contribution >= 4 is 24.7 Å². The number of amides is 1. The van der Waals surface area contributed by atoms with E-state index in [2.05, 4.69) is 17.9 Å². The summed E-state index contributed by atoms with van der Waals surface area (Å²) in [4.78, 5) is 22.7. The van der Waals surface area contributed by atoms with Gasteiger partial charge in [-0.1, -0.05) is 0 Å². The van der Waals surface area contributed by atoms with Crippen LogP contribution in [0.25, 0.3) is 0 Å². The van der Waals surface area contributed by atoms with Gasteiger partial charge < -0.3 is 43.6 Å². The van der Waals surface area contributed by atoms with Crippen LogP contribution < -0.4 is 5.32 Å². The number of aliphatic hydroxyl groups excluding tert-OH is 1. The van der Waals surface area contributed by atoms with E-state index in [0.717, 1.165) is 25.7 Å². The summed E-state index contributed by atoms with van der Waals surface area (Å²) in [6, 6.07) is 0. The van der Waals surface area contributed by atoms with Crippen molar-refractivity contribution < 1.29 is 47.9 Å². The molecule has 200 valence electrons. The van der Waals surface area contributed by atoms with Crippen molar-refractivity contribution in [3.05, 3.63) is 0 Å². The summed E-state index contributed by atoms with van der Waals surface area (Å²) in [5.74, 6) is -0.440. The summed E-state index contributed by atoms with van der Waals surface area (Å²) in [6.45, 7) is 4.56. The number of rotatable bonds is 21. The first-order valence-electron chi connectivity index (χ1n) is 11.9. The molecule has 1 aliphatic rings. The summed E-state index contributed by atoms with van der Waals surface area (Å²) < 4.78 is 37.0. The fraction of sp³-hybridized carbons (Fsp3) is 0.909. The summed E-state index contributed by atoms with van der Waals surface area (Å²) in [6.07, 6.45) is 3.30. The van der Waals surface area contributed by atoms with Gasteiger partial charge in [0.15, 0.2) is 0 Å². The Balaban J connectivity index is 1.71. The van der Waals surface area contributed by atoms with Crippen LogP contribution in [0, 0.1) is 0 Å². The number of carbonyl (C=O) groups excluding carboxylic acids is 2. The van der Waals surface area contributed by atoms with E-state index in [1.165, 1.54) is 0 Å². The zero-order valence-corrected chi connectivity index (χ0v) is 20.8. The standard InChI is InChI=1S/C22H41NO10S/c24-7-5-21(25)32-18-17-31-16-15-30-14-13-29-12-11-28-10-9-27-8-6-23-22(26)33-19-1-3-20(34)4-2-19/h19-20,24,34H,1-18H2,(H,23,26). The van der Waals surface area contributed by atoms with Crippen LogP contribution >= 0.6 is 12.6 Å². The van der Waals surface area contributed by atoms with Crippen LogP contribution in [-0.4, -0.2) is 114 Å². The minimum absolute atomic E-state index is 0.00267. The van der Waals surface area contributed by atoms with Gasteiger partial charge in [0, 0.05) is 11.8 Å². The van der Waals surface area contributed by atoms with E-state index in [4.69, 9.17) is 38.3 Å². The van der Waals surface area contributed by atoms with Crippen LogP contribution in [0.1, 0.15) is 32.1 Å². The summed E-state index contributed by atoms with van der Waals surface area (Å²) in [7, 11) is 0. The summed E-state index contributed by atoms with van der Waals surface area (Å²) in [5, 5.41) is 11.7. The number of carbonyl (C=O) groups is 2. The van der Waals surface area contributed by atoms with Crippen LogP contribution in [0.4, 0.5) is 4.79 Å². The molecule has 12 heteroatoms. The van der Waals surface area contributed by atoms with E-state index in [9.17, 15) is 9.59 Å². The molecule has 0 aromatic carbocycles. The van der Waals surface area contributed by atoms with E-state index in [1.807, 2.05) is 0 Å². The highest BCUT2D eigenvalue weighted by Crippen LogP contribution is 2.24. The molecule has 1 aliphatic carbocycles. The van der Waals surface area contributed by atoms with E-state index < -0.39 is 12.1 Å². The molecule has 0 spiro atoms. The monoisotopic (exact) mass is 511 g/mol. The Kier molecular flexibility index (Phi) is 20.3. The number of thiol groups is 1. The Morgan fingerprint density at radius 3 is 1.71 bits per heavy atom. The van der Waals surface area contributed by atoms with Crippen LogP contribution in [-0.2, 0) is 38.0 Å². The lowest BCUT2D eigenvalue weighted by Crippen LogP contribution is -2.33. The normalized spacial score (nSPS) is 17.9. The summed E-state index contributed by atoms with van der Waals surface area (Å²) >= 11 is 4.43. The van der Waals surface area contributed by atoms with E-state index in [1.54, 1.807) is 0 Å². The smallest absolute Gasteiger partial charge is 0.407 e. The topological polar surface area (TPSA) is 131 Å². The highest BCUT2D eigenvalue weighted by molar-refractivity contribution is 7.80. The zero-order chi connectivity index (χ0) is 24.7. The molecule has 1 rings (SSSR count). The number of hydrogen-bond donors (Lipinski definition) is 3. The SMILES string of the molecule is O=C(CCO)OCCOCCOCCOCCOCCOCCNC(=O)OC1CCC(S)CC1. The largest absolute Gasteiger partial charge is 0.463 e. The Hall–Kier alpha value is -1.15. The Morgan fingerprint density at radius 2 is 1.21 bits per heavy atom. The number of nitrogens with one attached hydrogen (secondary N) is 1. The van der Waals surface area contributed by atoms with E-state index >= 15 is 0 Å². The minimum atomic E-state index is -0.440. The molecule has 1 saturated carbocycles. The number of esters is 1. The predicted molar refractivity (Wildman–Crippen MR) is 126 cm³/mol. The molecule has 0 atom stereocenters. The Bertz CT molecular complexity index is 506. The second kappa shape index (κ2) is 22.3. The maximum atomic E-state index is 11.7. The van der Waals surface area contributed by atoms with Crippen molar-refractivity contribution in [2.24, 2.45) is 0 Å². The molecule has 0 radical (unpaired) electrons. The van der Waals surface area contributed by atoms with Crippen molar-refractivity contribution in [1.29, 1.82) is 0 Å². The first-order valence-corrected chi connectivity index (χ1v) is 12.4. The van der Waals surface area contributed by atoms with Crippen molar-refractivity contribution in [2.75, 3.05) is 85.8 Å². The van der Waals surface area contributed by atoms with Gasteiger partial charge >= 0.3 is 12.1 Å². The molecule has 1 amide bonds. The maximum Gasteiger partial charge on any atom is 0.407 e. The van der Waals surface area contributed by atoms with Gasteiger partial charge in [-0.3, -0.25) is 4.79 Å². The van der Waals surface area contributed by atoms with Crippen LogP contribution in [0.2, 0.25) is 0 Å². The lowest BCUT2D eigenvalue weighted by Gasteiger charge is -2.25. The molecule has 0 bridgehead atoms. The first kappa shape index (κ1) is 30.9. The molecule has 34 heavy (non-hydrogen) atoms. The van der Waals surface area contributed by atoms with Crippen LogP contribution in [0.15, 0.2) is 0 Å². The van der Waals surface area contributed by atoms with Gasteiger partial charge in [-0.2, -0.15) is 12.6 Å². The van der Waals surface area contributed by atoms with Crippen molar-refractivity contribution in [3.63, 3.8) is 0 Å². The summed E-state index contributed by atoms with van der Waals surface area (Å²) in [5.41, 5.74) is 0. The van der Waals surface area contributed by atoms with Crippen LogP contribution in [0.3, 0.4) is 0 Å². The number of hydrogen-bond acceptors (Lipinski definition) is 11. The fourth-order valence-corrected chi connectivity index (χ4v) is 3.24. The van der Waals surface area contributed by atoms with Gasteiger partial charge in [-0.05, 0) is 25.7 Å². The van der Waals surface area contributed by atoms with Gasteiger partial charge in [-0.15, -0.1) is 0 Å². The molecule has 0 aliphatic heterocycles.